The Kier molecular flexibility index (Phi) is 7.30. The van der Waals surface area contributed by atoms with E-state index in [9.17, 15) is 4.79 Å². The summed E-state index contributed by atoms with van der Waals surface area (Å²) in [4.78, 5) is 17.5. The van der Waals surface area contributed by atoms with Crippen molar-refractivity contribution >= 4 is 22.9 Å². The third-order valence-electron chi connectivity index (χ3n) is 4.54. The number of nitrogens with zero attached hydrogens (tertiary/aromatic N) is 2. The molecular weight excluding hydrogens is 382 g/mol. The standard InChI is InChI=1S/C23H29N3O4/c1-5-29-14-8-13-26-19-10-7-6-9-18(19)24-23(26)25-22(27)17-11-12-20(30-16(2)3)21(15-17)28-4/h6-7,9-12,15-16H,5,8,13-14H2,1-4H3,(H,24,25,27). The molecule has 3 rings (SSSR count). The average Bonchev–Trinajstić information content (AvgIpc) is 3.08. The van der Waals surface area contributed by atoms with E-state index in [0.29, 0.717) is 42.8 Å². The first-order chi connectivity index (χ1) is 14.5. The number of ether oxygens (including phenoxy) is 3. The number of fused-ring (bicyclic) bond motifs is 1. The van der Waals surface area contributed by atoms with Crippen molar-refractivity contribution in [3.63, 3.8) is 0 Å². The van der Waals surface area contributed by atoms with Crippen LogP contribution in [0.5, 0.6) is 11.5 Å². The van der Waals surface area contributed by atoms with Gasteiger partial charge in [-0.3, -0.25) is 10.1 Å². The molecular formula is C23H29N3O4. The number of rotatable bonds is 10. The number of carbonyl (C=O) groups excluding carboxylic acids is 1. The van der Waals surface area contributed by atoms with Gasteiger partial charge in [0.1, 0.15) is 0 Å². The van der Waals surface area contributed by atoms with Gasteiger partial charge in [-0.2, -0.15) is 0 Å². The number of aromatic nitrogens is 2. The molecule has 30 heavy (non-hydrogen) atoms. The minimum absolute atomic E-state index is 0.00942. The average molecular weight is 412 g/mol. The zero-order valence-corrected chi connectivity index (χ0v) is 18.0. The number of methoxy groups -OCH3 is 1. The Morgan fingerprint density at radius 3 is 2.70 bits per heavy atom. The van der Waals surface area contributed by atoms with Crippen molar-refractivity contribution in [2.24, 2.45) is 0 Å². The summed E-state index contributed by atoms with van der Waals surface area (Å²) >= 11 is 0. The van der Waals surface area contributed by atoms with E-state index >= 15 is 0 Å². The van der Waals surface area contributed by atoms with Gasteiger partial charge in [0.2, 0.25) is 5.95 Å². The monoisotopic (exact) mass is 411 g/mol. The molecule has 1 amide bonds. The second-order valence-corrected chi connectivity index (χ2v) is 7.11. The summed E-state index contributed by atoms with van der Waals surface area (Å²) < 4.78 is 18.6. The molecule has 0 saturated carbocycles. The van der Waals surface area contributed by atoms with E-state index in [-0.39, 0.29) is 12.0 Å². The first-order valence-electron chi connectivity index (χ1n) is 10.2. The fourth-order valence-electron chi connectivity index (χ4n) is 3.20. The van der Waals surface area contributed by atoms with Gasteiger partial charge in [-0.05, 0) is 57.5 Å². The zero-order valence-electron chi connectivity index (χ0n) is 18.0. The van der Waals surface area contributed by atoms with E-state index in [1.165, 1.54) is 0 Å². The summed E-state index contributed by atoms with van der Waals surface area (Å²) in [5.74, 6) is 1.37. The van der Waals surface area contributed by atoms with Crippen molar-refractivity contribution in [3.05, 3.63) is 48.0 Å². The topological polar surface area (TPSA) is 74.6 Å². The maximum Gasteiger partial charge on any atom is 0.258 e. The number of imidazole rings is 1. The summed E-state index contributed by atoms with van der Waals surface area (Å²) in [6.07, 6.45) is 0.835. The highest BCUT2D eigenvalue weighted by Crippen LogP contribution is 2.29. The van der Waals surface area contributed by atoms with Crippen molar-refractivity contribution in [1.29, 1.82) is 0 Å². The van der Waals surface area contributed by atoms with Gasteiger partial charge in [-0.1, -0.05) is 12.1 Å². The van der Waals surface area contributed by atoms with Crippen LogP contribution in [-0.2, 0) is 11.3 Å². The predicted octanol–water partition coefficient (Wildman–Crippen LogP) is 4.51. The molecule has 0 radical (unpaired) electrons. The van der Waals surface area contributed by atoms with Crippen LogP contribution in [0, 0.1) is 0 Å². The van der Waals surface area contributed by atoms with Crippen molar-refractivity contribution in [3.8, 4) is 11.5 Å². The van der Waals surface area contributed by atoms with E-state index in [1.807, 2.05) is 49.6 Å². The lowest BCUT2D eigenvalue weighted by Crippen LogP contribution is -2.17. The summed E-state index contributed by atoms with van der Waals surface area (Å²) in [6.45, 7) is 7.90. The molecule has 0 unspecified atom stereocenters. The molecule has 3 aromatic rings. The third-order valence-corrected chi connectivity index (χ3v) is 4.54. The number of hydrogen-bond acceptors (Lipinski definition) is 5. The molecule has 0 aliphatic heterocycles. The van der Waals surface area contributed by atoms with Crippen LogP contribution in [0.25, 0.3) is 11.0 Å². The number of benzene rings is 2. The molecule has 1 heterocycles. The lowest BCUT2D eigenvalue weighted by atomic mass is 10.2. The molecule has 2 aromatic carbocycles. The maximum absolute atomic E-state index is 12.9. The number of aryl methyl sites for hydroxylation is 1. The van der Waals surface area contributed by atoms with Crippen LogP contribution in [0.1, 0.15) is 37.6 Å². The molecule has 0 spiro atoms. The first kappa shape index (κ1) is 21.6. The minimum atomic E-state index is -0.259. The van der Waals surface area contributed by atoms with Gasteiger partial charge in [0.05, 0.1) is 24.2 Å². The normalized spacial score (nSPS) is 11.1. The minimum Gasteiger partial charge on any atom is -0.493 e. The largest absolute Gasteiger partial charge is 0.493 e. The Bertz CT molecular complexity index is 997. The molecule has 0 saturated heterocycles. The number of hydrogen-bond donors (Lipinski definition) is 1. The lowest BCUT2D eigenvalue weighted by Gasteiger charge is -2.15. The Balaban J connectivity index is 1.83. The van der Waals surface area contributed by atoms with Crippen molar-refractivity contribution in [2.45, 2.75) is 39.8 Å². The highest BCUT2D eigenvalue weighted by Gasteiger charge is 2.16. The first-order valence-corrected chi connectivity index (χ1v) is 10.2. The second kappa shape index (κ2) is 10.1. The Hall–Kier alpha value is -3.06. The van der Waals surface area contributed by atoms with E-state index in [4.69, 9.17) is 14.2 Å². The van der Waals surface area contributed by atoms with Gasteiger partial charge < -0.3 is 18.8 Å². The molecule has 0 fully saturated rings. The molecule has 1 aromatic heterocycles. The van der Waals surface area contributed by atoms with Crippen LogP contribution in [0.2, 0.25) is 0 Å². The maximum atomic E-state index is 12.9. The molecule has 7 nitrogen and oxygen atoms in total. The van der Waals surface area contributed by atoms with Crippen LogP contribution in [0.4, 0.5) is 5.95 Å². The molecule has 7 heteroatoms. The fraction of sp³-hybridized carbons (Fsp3) is 0.391. The van der Waals surface area contributed by atoms with Crippen molar-refractivity contribution < 1.29 is 19.0 Å². The molecule has 0 aliphatic carbocycles. The Morgan fingerprint density at radius 1 is 1.17 bits per heavy atom. The summed E-state index contributed by atoms with van der Waals surface area (Å²) in [6, 6.07) is 13.0. The molecule has 0 bridgehead atoms. The van der Waals surface area contributed by atoms with Crippen LogP contribution in [-0.4, -0.2) is 41.9 Å². The van der Waals surface area contributed by atoms with Crippen LogP contribution < -0.4 is 14.8 Å². The van der Waals surface area contributed by atoms with E-state index in [0.717, 1.165) is 17.5 Å². The molecule has 0 aliphatic rings. The molecule has 1 N–H and O–H groups in total. The zero-order chi connectivity index (χ0) is 21.5. The van der Waals surface area contributed by atoms with Gasteiger partial charge in [-0.25, -0.2) is 4.98 Å². The number of carbonyl (C=O) groups is 1. The van der Waals surface area contributed by atoms with E-state index in [2.05, 4.69) is 10.3 Å². The summed E-state index contributed by atoms with van der Waals surface area (Å²) in [5.41, 5.74) is 2.28. The SMILES string of the molecule is CCOCCCn1c(NC(=O)c2ccc(OC(C)C)c(OC)c2)nc2ccccc21. The van der Waals surface area contributed by atoms with Gasteiger partial charge >= 0.3 is 0 Å². The van der Waals surface area contributed by atoms with Crippen molar-refractivity contribution in [2.75, 3.05) is 25.6 Å². The quantitative estimate of drug-likeness (QED) is 0.497. The predicted molar refractivity (Wildman–Crippen MR) is 118 cm³/mol. The summed E-state index contributed by atoms with van der Waals surface area (Å²) in [5, 5.41) is 2.94. The number of amides is 1. The highest BCUT2D eigenvalue weighted by molar-refractivity contribution is 6.04. The number of para-hydroxylation sites is 2. The molecule has 160 valence electrons. The third kappa shape index (κ3) is 5.10. The van der Waals surface area contributed by atoms with Gasteiger partial charge in [0, 0.05) is 25.3 Å². The van der Waals surface area contributed by atoms with Crippen LogP contribution in [0.3, 0.4) is 0 Å². The second-order valence-electron chi connectivity index (χ2n) is 7.11. The van der Waals surface area contributed by atoms with Gasteiger partial charge in [0.25, 0.3) is 5.91 Å². The van der Waals surface area contributed by atoms with E-state index < -0.39 is 0 Å². The van der Waals surface area contributed by atoms with Gasteiger partial charge in [-0.15, -0.1) is 0 Å². The Labute approximate surface area is 177 Å². The lowest BCUT2D eigenvalue weighted by molar-refractivity contribution is 0.102. The smallest absolute Gasteiger partial charge is 0.258 e. The molecule has 0 atom stereocenters. The van der Waals surface area contributed by atoms with Crippen molar-refractivity contribution in [1.82, 2.24) is 9.55 Å². The van der Waals surface area contributed by atoms with Gasteiger partial charge in [0.15, 0.2) is 11.5 Å². The number of anilines is 1. The van der Waals surface area contributed by atoms with E-state index in [1.54, 1.807) is 25.3 Å². The Morgan fingerprint density at radius 2 is 1.97 bits per heavy atom. The highest BCUT2D eigenvalue weighted by atomic mass is 16.5. The van der Waals surface area contributed by atoms with Crippen LogP contribution in [0.15, 0.2) is 42.5 Å². The van der Waals surface area contributed by atoms with Crippen LogP contribution >= 0.6 is 0 Å². The fourth-order valence-corrected chi connectivity index (χ4v) is 3.20. The summed E-state index contributed by atoms with van der Waals surface area (Å²) in [7, 11) is 1.56. The number of nitrogens with one attached hydrogen (secondary N) is 1.